The molecular weight excluding hydrogens is 212 g/mol. The third-order valence-corrected chi connectivity index (χ3v) is 2.75. The van der Waals surface area contributed by atoms with E-state index in [1.807, 2.05) is 6.07 Å². The molecule has 3 heteroatoms. The summed E-state index contributed by atoms with van der Waals surface area (Å²) in [5.41, 5.74) is 1.77. The first-order valence-corrected chi connectivity index (χ1v) is 5.40. The summed E-state index contributed by atoms with van der Waals surface area (Å²) >= 11 is 6.13. The molecule has 0 aliphatic carbocycles. The minimum atomic E-state index is -0.571. The Morgan fingerprint density at radius 2 is 1.80 bits per heavy atom. The lowest BCUT2D eigenvalue weighted by molar-refractivity contribution is 0.194. The van der Waals surface area contributed by atoms with E-state index >= 15 is 0 Å². The highest BCUT2D eigenvalue weighted by molar-refractivity contribution is 6.31. The lowest BCUT2D eigenvalue weighted by Gasteiger charge is -2.16. The summed E-state index contributed by atoms with van der Waals surface area (Å²) in [7, 11) is 1.60. The van der Waals surface area contributed by atoms with Gasteiger partial charge in [-0.1, -0.05) is 25.4 Å². The third kappa shape index (κ3) is 2.64. The summed E-state index contributed by atoms with van der Waals surface area (Å²) in [6.07, 6.45) is -0.571. The number of hydrogen-bond donors (Lipinski definition) is 1. The van der Waals surface area contributed by atoms with Gasteiger partial charge in [0.2, 0.25) is 0 Å². The standard InChI is InChI=1S/C12H17ClO2/c1-7(2)9-6-12(15-4)10(8(3)14)5-11(9)13/h5-8,14H,1-4H3. The Hall–Kier alpha value is -0.730. The van der Waals surface area contributed by atoms with E-state index in [1.165, 1.54) is 0 Å². The summed E-state index contributed by atoms with van der Waals surface area (Å²) in [5, 5.41) is 10.2. The van der Waals surface area contributed by atoms with Gasteiger partial charge >= 0.3 is 0 Å². The van der Waals surface area contributed by atoms with Crippen LogP contribution in [-0.4, -0.2) is 12.2 Å². The van der Waals surface area contributed by atoms with Crippen LogP contribution in [-0.2, 0) is 0 Å². The fourth-order valence-electron chi connectivity index (χ4n) is 1.53. The van der Waals surface area contributed by atoms with Crippen LogP contribution in [0.4, 0.5) is 0 Å². The number of hydrogen-bond acceptors (Lipinski definition) is 2. The number of halogens is 1. The predicted molar refractivity (Wildman–Crippen MR) is 62.7 cm³/mol. The molecule has 84 valence electrons. The van der Waals surface area contributed by atoms with Crippen LogP contribution in [0, 0.1) is 0 Å². The quantitative estimate of drug-likeness (QED) is 0.858. The van der Waals surface area contributed by atoms with Gasteiger partial charge in [-0.2, -0.15) is 0 Å². The van der Waals surface area contributed by atoms with Crippen molar-refractivity contribution in [3.8, 4) is 5.75 Å². The Kier molecular flexibility index (Phi) is 4.00. The van der Waals surface area contributed by atoms with Gasteiger partial charge < -0.3 is 9.84 Å². The average Bonchev–Trinajstić information content (AvgIpc) is 2.16. The highest BCUT2D eigenvalue weighted by Crippen LogP contribution is 2.34. The van der Waals surface area contributed by atoms with Gasteiger partial charge in [0, 0.05) is 10.6 Å². The van der Waals surface area contributed by atoms with E-state index in [9.17, 15) is 5.11 Å². The van der Waals surface area contributed by atoms with Crippen LogP contribution in [0.15, 0.2) is 12.1 Å². The predicted octanol–water partition coefficient (Wildman–Crippen LogP) is 3.53. The van der Waals surface area contributed by atoms with Crippen molar-refractivity contribution in [2.45, 2.75) is 32.8 Å². The average molecular weight is 229 g/mol. The zero-order chi connectivity index (χ0) is 11.6. The molecule has 1 aromatic carbocycles. The summed E-state index contributed by atoms with van der Waals surface area (Å²) in [5.74, 6) is 1.03. The molecular formula is C12H17ClO2. The van der Waals surface area contributed by atoms with E-state index in [4.69, 9.17) is 16.3 Å². The first-order valence-electron chi connectivity index (χ1n) is 5.02. The minimum absolute atomic E-state index is 0.342. The maximum atomic E-state index is 9.55. The summed E-state index contributed by atoms with van der Waals surface area (Å²) in [6.45, 7) is 5.84. The molecule has 0 bridgehead atoms. The molecule has 15 heavy (non-hydrogen) atoms. The molecule has 0 heterocycles. The number of aliphatic hydroxyl groups is 1. The van der Waals surface area contributed by atoms with Crippen molar-refractivity contribution in [1.29, 1.82) is 0 Å². The van der Waals surface area contributed by atoms with E-state index in [-0.39, 0.29) is 0 Å². The topological polar surface area (TPSA) is 29.5 Å². The third-order valence-electron chi connectivity index (χ3n) is 2.42. The van der Waals surface area contributed by atoms with Crippen LogP contribution < -0.4 is 4.74 Å². The summed E-state index contributed by atoms with van der Waals surface area (Å²) < 4.78 is 5.23. The van der Waals surface area contributed by atoms with E-state index in [0.29, 0.717) is 16.7 Å². The molecule has 0 saturated carbocycles. The molecule has 1 aromatic rings. The maximum absolute atomic E-state index is 9.55. The van der Waals surface area contributed by atoms with E-state index < -0.39 is 6.10 Å². The molecule has 2 nitrogen and oxygen atoms in total. The normalized spacial score (nSPS) is 13.0. The Morgan fingerprint density at radius 3 is 2.20 bits per heavy atom. The molecule has 1 rings (SSSR count). The highest BCUT2D eigenvalue weighted by Gasteiger charge is 2.14. The van der Waals surface area contributed by atoms with Gasteiger partial charge in [0.15, 0.2) is 0 Å². The number of rotatable bonds is 3. The van der Waals surface area contributed by atoms with Crippen molar-refractivity contribution in [2.24, 2.45) is 0 Å². The van der Waals surface area contributed by atoms with Gasteiger partial charge in [-0.15, -0.1) is 0 Å². The van der Waals surface area contributed by atoms with Crippen molar-refractivity contribution in [2.75, 3.05) is 7.11 Å². The van der Waals surface area contributed by atoms with Crippen molar-refractivity contribution in [1.82, 2.24) is 0 Å². The van der Waals surface area contributed by atoms with Gasteiger partial charge in [0.25, 0.3) is 0 Å². The lowest BCUT2D eigenvalue weighted by atomic mass is 9.99. The largest absolute Gasteiger partial charge is 0.496 e. The highest BCUT2D eigenvalue weighted by atomic mass is 35.5. The molecule has 0 aliphatic heterocycles. The van der Waals surface area contributed by atoms with Crippen molar-refractivity contribution < 1.29 is 9.84 Å². The molecule has 1 atom stereocenters. The summed E-state index contributed by atoms with van der Waals surface area (Å²) in [6, 6.07) is 3.68. The molecule has 1 unspecified atom stereocenters. The molecule has 0 amide bonds. The van der Waals surface area contributed by atoms with Gasteiger partial charge in [-0.25, -0.2) is 0 Å². The van der Waals surface area contributed by atoms with Crippen LogP contribution in [0.2, 0.25) is 5.02 Å². The van der Waals surface area contributed by atoms with E-state index in [1.54, 1.807) is 20.1 Å². The summed E-state index contributed by atoms with van der Waals surface area (Å²) in [4.78, 5) is 0. The van der Waals surface area contributed by atoms with Crippen molar-refractivity contribution >= 4 is 11.6 Å². The second-order valence-corrected chi connectivity index (χ2v) is 4.35. The maximum Gasteiger partial charge on any atom is 0.125 e. The zero-order valence-corrected chi connectivity index (χ0v) is 10.3. The van der Waals surface area contributed by atoms with Crippen LogP contribution in [0.5, 0.6) is 5.75 Å². The number of benzene rings is 1. The monoisotopic (exact) mass is 228 g/mol. The van der Waals surface area contributed by atoms with Gasteiger partial charge in [0.05, 0.1) is 13.2 Å². The van der Waals surface area contributed by atoms with Crippen LogP contribution in [0.1, 0.15) is 43.9 Å². The molecule has 1 N–H and O–H groups in total. The first-order chi connectivity index (χ1) is 6.97. The Bertz CT molecular complexity index is 346. The van der Waals surface area contributed by atoms with Gasteiger partial charge in [-0.05, 0) is 30.5 Å². The van der Waals surface area contributed by atoms with Gasteiger partial charge in [0.1, 0.15) is 5.75 Å². The molecule has 0 aliphatic rings. The Labute approximate surface area is 95.8 Å². The molecule has 0 spiro atoms. The number of aliphatic hydroxyl groups excluding tert-OH is 1. The SMILES string of the molecule is COc1cc(C(C)C)c(Cl)cc1C(C)O. The van der Waals surface area contributed by atoms with Crippen molar-refractivity contribution in [3.63, 3.8) is 0 Å². The lowest BCUT2D eigenvalue weighted by Crippen LogP contribution is -1.99. The molecule has 0 fully saturated rings. The smallest absolute Gasteiger partial charge is 0.125 e. The van der Waals surface area contributed by atoms with Crippen LogP contribution >= 0.6 is 11.6 Å². The second kappa shape index (κ2) is 4.86. The van der Waals surface area contributed by atoms with Crippen LogP contribution in [0.25, 0.3) is 0 Å². The Morgan fingerprint density at radius 1 is 1.20 bits per heavy atom. The van der Waals surface area contributed by atoms with Crippen LogP contribution in [0.3, 0.4) is 0 Å². The second-order valence-electron chi connectivity index (χ2n) is 3.95. The Balaban J connectivity index is 3.29. The fraction of sp³-hybridized carbons (Fsp3) is 0.500. The molecule has 0 saturated heterocycles. The van der Waals surface area contributed by atoms with E-state index in [0.717, 1.165) is 11.1 Å². The van der Waals surface area contributed by atoms with Gasteiger partial charge in [-0.3, -0.25) is 0 Å². The number of methoxy groups -OCH3 is 1. The fourth-order valence-corrected chi connectivity index (χ4v) is 1.92. The zero-order valence-electron chi connectivity index (χ0n) is 9.54. The molecule has 0 aromatic heterocycles. The minimum Gasteiger partial charge on any atom is -0.496 e. The first kappa shape index (κ1) is 12.3. The number of ether oxygens (including phenoxy) is 1. The van der Waals surface area contributed by atoms with Crippen molar-refractivity contribution in [3.05, 3.63) is 28.3 Å². The van der Waals surface area contributed by atoms with E-state index in [2.05, 4.69) is 13.8 Å². The molecule has 0 radical (unpaired) electrons.